The van der Waals surface area contributed by atoms with E-state index in [2.05, 4.69) is 10.5 Å². The maximum atomic E-state index is 12.2. The molecule has 0 radical (unpaired) electrons. The Morgan fingerprint density at radius 2 is 1.76 bits per heavy atom. The zero-order chi connectivity index (χ0) is 20.8. The minimum atomic E-state index is -0.581. The molecule has 0 bridgehead atoms. The summed E-state index contributed by atoms with van der Waals surface area (Å²) in [6.07, 6.45) is 0. The van der Waals surface area contributed by atoms with Gasteiger partial charge in [-0.1, -0.05) is 23.4 Å². The molecule has 150 valence electrons. The molecule has 0 unspecified atom stereocenters. The highest BCUT2D eigenvalue weighted by Gasteiger charge is 2.12. The van der Waals surface area contributed by atoms with Crippen molar-refractivity contribution in [2.45, 2.75) is 27.4 Å². The number of hydrogen-bond acceptors (Lipinski definition) is 6. The van der Waals surface area contributed by atoms with Gasteiger partial charge in [-0.25, -0.2) is 4.79 Å². The molecule has 0 aliphatic heterocycles. The van der Waals surface area contributed by atoms with Crippen LogP contribution in [0.2, 0.25) is 0 Å². The van der Waals surface area contributed by atoms with Crippen molar-refractivity contribution in [1.29, 1.82) is 0 Å². The summed E-state index contributed by atoms with van der Waals surface area (Å²) in [4.78, 5) is 24.1. The van der Waals surface area contributed by atoms with Gasteiger partial charge in [0.2, 0.25) is 0 Å². The van der Waals surface area contributed by atoms with Crippen LogP contribution in [0.15, 0.2) is 53.1 Å². The number of anilines is 1. The molecule has 3 aromatic rings. The number of para-hydroxylation sites is 1. The van der Waals surface area contributed by atoms with Crippen molar-refractivity contribution < 1.29 is 23.6 Å². The minimum Gasteiger partial charge on any atom is -0.489 e. The van der Waals surface area contributed by atoms with E-state index in [1.165, 1.54) is 0 Å². The molecule has 1 N–H and O–H groups in total. The number of aromatic nitrogens is 1. The molecular weight excluding hydrogens is 372 g/mol. The van der Waals surface area contributed by atoms with Crippen LogP contribution in [0.3, 0.4) is 0 Å². The van der Waals surface area contributed by atoms with Gasteiger partial charge in [-0.2, -0.15) is 0 Å². The van der Waals surface area contributed by atoms with Gasteiger partial charge in [0.05, 0.1) is 16.8 Å². The maximum Gasteiger partial charge on any atom is 0.338 e. The van der Waals surface area contributed by atoms with Crippen LogP contribution in [0.5, 0.6) is 5.75 Å². The largest absolute Gasteiger partial charge is 0.489 e. The lowest BCUT2D eigenvalue weighted by atomic mass is 10.2. The molecular formula is C22H22N2O5. The summed E-state index contributed by atoms with van der Waals surface area (Å²) in [5, 5.41) is 6.60. The summed E-state index contributed by atoms with van der Waals surface area (Å²) in [6.45, 7) is 5.52. The summed E-state index contributed by atoms with van der Waals surface area (Å²) in [5.41, 5.74) is 3.63. The second-order valence-electron chi connectivity index (χ2n) is 6.56. The zero-order valence-electron chi connectivity index (χ0n) is 16.5. The number of ether oxygens (including phenoxy) is 2. The third kappa shape index (κ3) is 5.22. The summed E-state index contributed by atoms with van der Waals surface area (Å²) >= 11 is 0. The normalized spacial score (nSPS) is 10.4. The molecule has 0 aliphatic rings. The quantitative estimate of drug-likeness (QED) is 0.610. The van der Waals surface area contributed by atoms with Crippen molar-refractivity contribution in [3.05, 3.63) is 76.7 Å². The first-order chi connectivity index (χ1) is 13.9. The Morgan fingerprint density at radius 3 is 2.41 bits per heavy atom. The lowest BCUT2D eigenvalue weighted by Gasteiger charge is -2.09. The van der Waals surface area contributed by atoms with Gasteiger partial charge in [-0.3, -0.25) is 4.79 Å². The summed E-state index contributed by atoms with van der Waals surface area (Å²) in [6, 6.07) is 13.9. The Labute approximate surface area is 168 Å². The number of rotatable bonds is 7. The Balaban J connectivity index is 1.50. The average Bonchev–Trinajstić information content (AvgIpc) is 3.04. The lowest BCUT2D eigenvalue weighted by Crippen LogP contribution is -2.21. The van der Waals surface area contributed by atoms with Crippen LogP contribution in [0.4, 0.5) is 5.69 Å². The predicted molar refractivity (Wildman–Crippen MR) is 107 cm³/mol. The van der Waals surface area contributed by atoms with Crippen molar-refractivity contribution >= 4 is 17.6 Å². The molecule has 2 aromatic carbocycles. The Morgan fingerprint density at radius 1 is 1.03 bits per heavy atom. The number of nitrogens with zero attached hydrogens (tertiary/aromatic N) is 1. The highest BCUT2D eigenvalue weighted by Crippen LogP contribution is 2.18. The highest BCUT2D eigenvalue weighted by atomic mass is 16.5. The highest BCUT2D eigenvalue weighted by molar-refractivity contribution is 5.95. The fourth-order valence-corrected chi connectivity index (χ4v) is 2.66. The number of benzene rings is 2. The Bertz CT molecular complexity index is 989. The van der Waals surface area contributed by atoms with Crippen LogP contribution in [0.25, 0.3) is 0 Å². The first-order valence-corrected chi connectivity index (χ1v) is 9.11. The molecule has 1 aromatic heterocycles. The van der Waals surface area contributed by atoms with E-state index in [4.69, 9.17) is 14.0 Å². The average molecular weight is 394 g/mol. The third-order valence-corrected chi connectivity index (χ3v) is 4.41. The Kier molecular flexibility index (Phi) is 6.29. The van der Waals surface area contributed by atoms with Gasteiger partial charge in [0, 0.05) is 5.69 Å². The fourth-order valence-electron chi connectivity index (χ4n) is 2.66. The van der Waals surface area contributed by atoms with E-state index >= 15 is 0 Å². The van der Waals surface area contributed by atoms with Crippen LogP contribution in [0.1, 0.15) is 32.9 Å². The molecule has 1 heterocycles. The number of aryl methyl sites for hydroxylation is 3. The van der Waals surface area contributed by atoms with Crippen molar-refractivity contribution in [1.82, 2.24) is 5.16 Å². The van der Waals surface area contributed by atoms with Crippen molar-refractivity contribution in [3.8, 4) is 5.75 Å². The molecule has 0 saturated carbocycles. The number of esters is 1. The smallest absolute Gasteiger partial charge is 0.338 e. The molecule has 0 fully saturated rings. The van der Waals surface area contributed by atoms with E-state index in [1.807, 2.05) is 39.0 Å². The molecule has 7 nitrogen and oxygen atoms in total. The number of carbonyl (C=O) groups is 2. The second-order valence-corrected chi connectivity index (χ2v) is 6.56. The number of amides is 1. The molecule has 7 heteroatoms. The van der Waals surface area contributed by atoms with Gasteiger partial charge in [0.15, 0.2) is 6.61 Å². The van der Waals surface area contributed by atoms with E-state index in [0.717, 1.165) is 16.8 Å². The molecule has 29 heavy (non-hydrogen) atoms. The van der Waals surface area contributed by atoms with E-state index in [1.54, 1.807) is 30.3 Å². The van der Waals surface area contributed by atoms with Crippen LogP contribution in [-0.2, 0) is 16.1 Å². The van der Waals surface area contributed by atoms with Crippen molar-refractivity contribution in [2.75, 3.05) is 11.9 Å². The van der Waals surface area contributed by atoms with Gasteiger partial charge >= 0.3 is 5.97 Å². The molecule has 0 saturated heterocycles. The molecule has 0 atom stereocenters. The van der Waals surface area contributed by atoms with Gasteiger partial charge in [-0.15, -0.1) is 0 Å². The molecule has 1 amide bonds. The van der Waals surface area contributed by atoms with E-state index in [0.29, 0.717) is 29.4 Å². The lowest BCUT2D eigenvalue weighted by molar-refractivity contribution is -0.119. The number of hydrogen-bond donors (Lipinski definition) is 1. The number of nitrogens with one attached hydrogen (secondary N) is 1. The zero-order valence-corrected chi connectivity index (χ0v) is 16.5. The van der Waals surface area contributed by atoms with E-state index < -0.39 is 11.9 Å². The summed E-state index contributed by atoms with van der Waals surface area (Å²) in [5.74, 6) is 0.333. The van der Waals surface area contributed by atoms with Crippen LogP contribution < -0.4 is 10.1 Å². The van der Waals surface area contributed by atoms with Crippen LogP contribution in [0, 0.1) is 20.8 Å². The van der Waals surface area contributed by atoms with Crippen LogP contribution >= 0.6 is 0 Å². The predicted octanol–water partition coefficient (Wildman–Crippen LogP) is 3.97. The molecule has 3 rings (SSSR count). The van der Waals surface area contributed by atoms with Gasteiger partial charge in [-0.05, 0) is 56.7 Å². The molecule has 0 spiro atoms. The van der Waals surface area contributed by atoms with Gasteiger partial charge in [0.1, 0.15) is 18.1 Å². The van der Waals surface area contributed by atoms with E-state index in [9.17, 15) is 9.59 Å². The minimum absolute atomic E-state index is 0.323. The van der Waals surface area contributed by atoms with Crippen LogP contribution in [-0.4, -0.2) is 23.6 Å². The van der Waals surface area contributed by atoms with Crippen molar-refractivity contribution in [2.24, 2.45) is 0 Å². The first kappa shape index (κ1) is 20.1. The topological polar surface area (TPSA) is 90.7 Å². The van der Waals surface area contributed by atoms with E-state index in [-0.39, 0.29) is 6.61 Å². The summed E-state index contributed by atoms with van der Waals surface area (Å²) < 4.78 is 15.9. The Hall–Kier alpha value is -3.61. The second kappa shape index (κ2) is 9.05. The fraction of sp³-hybridized carbons (Fsp3) is 0.227. The SMILES string of the molecule is Cc1ccccc1NC(=O)COC(=O)c1ccc(OCc2c(C)noc2C)cc1. The first-order valence-electron chi connectivity index (χ1n) is 9.11. The third-order valence-electron chi connectivity index (χ3n) is 4.41. The maximum absolute atomic E-state index is 12.2. The number of carbonyl (C=O) groups excluding carboxylic acids is 2. The van der Waals surface area contributed by atoms with Gasteiger partial charge < -0.3 is 19.3 Å². The summed E-state index contributed by atoms with van der Waals surface area (Å²) in [7, 11) is 0. The monoisotopic (exact) mass is 394 g/mol. The van der Waals surface area contributed by atoms with Gasteiger partial charge in [0.25, 0.3) is 5.91 Å². The van der Waals surface area contributed by atoms with Crippen molar-refractivity contribution in [3.63, 3.8) is 0 Å². The standard InChI is InChI=1S/C22H22N2O5/c1-14-6-4-5-7-20(14)23-21(25)13-28-22(26)17-8-10-18(11-9-17)27-12-19-15(2)24-29-16(19)3/h4-11H,12-13H2,1-3H3,(H,23,25). The molecule has 0 aliphatic carbocycles.